The van der Waals surface area contributed by atoms with Gasteiger partial charge in [0.05, 0.1) is 14.9 Å². The fourth-order valence-electron chi connectivity index (χ4n) is 1.56. The lowest BCUT2D eigenvalue weighted by molar-refractivity contribution is 0.439. The molecule has 0 aliphatic rings. The van der Waals surface area contributed by atoms with Crippen molar-refractivity contribution in [2.45, 2.75) is 31.2 Å². The van der Waals surface area contributed by atoms with Crippen molar-refractivity contribution in [3.63, 3.8) is 0 Å². The van der Waals surface area contributed by atoms with E-state index in [9.17, 15) is 8.42 Å². The van der Waals surface area contributed by atoms with Gasteiger partial charge in [-0.3, -0.25) is 0 Å². The summed E-state index contributed by atoms with van der Waals surface area (Å²) in [6, 6.07) is 4.01. The number of sulfonamides is 1. The largest absolute Gasteiger partial charge is 0.240 e. The summed E-state index contributed by atoms with van der Waals surface area (Å²) in [6.07, 6.45) is 0.569. The molecule has 0 spiro atoms. The van der Waals surface area contributed by atoms with Gasteiger partial charge in [-0.15, -0.1) is 11.6 Å². The van der Waals surface area contributed by atoms with E-state index in [1.165, 1.54) is 18.2 Å². The second-order valence-corrected chi connectivity index (χ2v) is 7.43. The van der Waals surface area contributed by atoms with Crippen LogP contribution in [0, 0.1) is 5.92 Å². The van der Waals surface area contributed by atoms with Gasteiger partial charge in [0.2, 0.25) is 10.0 Å². The van der Waals surface area contributed by atoms with E-state index in [2.05, 4.69) is 4.72 Å². The molecule has 0 aromatic heterocycles. The van der Waals surface area contributed by atoms with E-state index >= 15 is 0 Å². The molecule has 3 nitrogen and oxygen atoms in total. The predicted octanol–water partition coefficient (Wildman–Crippen LogP) is 3.93. The van der Waals surface area contributed by atoms with E-state index < -0.39 is 10.0 Å². The number of rotatable bonds is 6. The number of hydrogen-bond acceptors (Lipinski definition) is 2. The lowest BCUT2D eigenvalue weighted by Crippen LogP contribution is -2.38. The van der Waals surface area contributed by atoms with Crippen molar-refractivity contribution < 1.29 is 8.42 Å². The van der Waals surface area contributed by atoms with Gasteiger partial charge in [0, 0.05) is 11.9 Å². The minimum atomic E-state index is -3.62. The predicted molar refractivity (Wildman–Crippen MR) is 80.7 cm³/mol. The summed E-state index contributed by atoms with van der Waals surface area (Å²) in [4.78, 5) is 0.0992. The summed E-state index contributed by atoms with van der Waals surface area (Å²) >= 11 is 17.3. The van der Waals surface area contributed by atoms with Gasteiger partial charge in [-0.2, -0.15) is 0 Å². The van der Waals surface area contributed by atoms with Crippen LogP contribution in [0.3, 0.4) is 0 Å². The summed E-state index contributed by atoms with van der Waals surface area (Å²) < 4.78 is 27.1. The van der Waals surface area contributed by atoms with Gasteiger partial charge < -0.3 is 0 Å². The van der Waals surface area contributed by atoms with Crippen molar-refractivity contribution in [3.8, 4) is 0 Å². The third-order valence-electron chi connectivity index (χ3n) is 2.73. The van der Waals surface area contributed by atoms with Crippen molar-refractivity contribution in [1.29, 1.82) is 0 Å². The van der Waals surface area contributed by atoms with Crippen LogP contribution in [0.2, 0.25) is 10.0 Å². The summed E-state index contributed by atoms with van der Waals surface area (Å²) in [5.41, 5.74) is 0. The standard InChI is InChI=1S/C12H16Cl3NO2S/c1-8(2)12(5-6-13)16-19(17,18)9-3-4-10(14)11(15)7-9/h3-4,7-8,12,16H,5-6H2,1-2H3. The van der Waals surface area contributed by atoms with E-state index in [-0.39, 0.29) is 21.9 Å². The molecule has 0 saturated carbocycles. The number of nitrogens with one attached hydrogen (secondary N) is 1. The van der Waals surface area contributed by atoms with Gasteiger partial charge in [0.1, 0.15) is 0 Å². The van der Waals surface area contributed by atoms with Crippen LogP contribution in [0.5, 0.6) is 0 Å². The van der Waals surface area contributed by atoms with Gasteiger partial charge in [-0.1, -0.05) is 37.0 Å². The van der Waals surface area contributed by atoms with Crippen molar-refractivity contribution in [2.24, 2.45) is 5.92 Å². The van der Waals surface area contributed by atoms with E-state index in [0.717, 1.165) is 0 Å². The Balaban J connectivity index is 2.99. The van der Waals surface area contributed by atoms with Crippen LogP contribution >= 0.6 is 34.8 Å². The normalized spacial score (nSPS) is 13.8. The van der Waals surface area contributed by atoms with Crippen LogP contribution in [-0.4, -0.2) is 20.3 Å². The van der Waals surface area contributed by atoms with Crippen LogP contribution in [0.1, 0.15) is 20.3 Å². The molecule has 1 rings (SSSR count). The monoisotopic (exact) mass is 343 g/mol. The summed E-state index contributed by atoms with van der Waals surface area (Å²) in [6.45, 7) is 3.88. The molecule has 0 fully saturated rings. The van der Waals surface area contributed by atoms with Crippen LogP contribution in [0.4, 0.5) is 0 Å². The van der Waals surface area contributed by atoms with Gasteiger partial charge in [0.25, 0.3) is 0 Å². The maximum atomic E-state index is 12.2. The quantitative estimate of drug-likeness (QED) is 0.795. The summed E-state index contributed by atoms with van der Waals surface area (Å²) in [7, 11) is -3.62. The average molecular weight is 345 g/mol. The highest BCUT2D eigenvalue weighted by molar-refractivity contribution is 7.89. The highest BCUT2D eigenvalue weighted by Gasteiger charge is 2.22. The third-order valence-corrected chi connectivity index (χ3v) is 5.18. The molecule has 1 N–H and O–H groups in total. The van der Waals surface area contributed by atoms with Gasteiger partial charge in [0.15, 0.2) is 0 Å². The molecule has 7 heteroatoms. The molecule has 0 bridgehead atoms. The molecule has 0 heterocycles. The molecular weight excluding hydrogens is 329 g/mol. The molecule has 1 aromatic carbocycles. The second-order valence-electron chi connectivity index (χ2n) is 4.53. The number of alkyl halides is 1. The minimum absolute atomic E-state index is 0.0992. The van der Waals surface area contributed by atoms with Crippen LogP contribution < -0.4 is 4.72 Å². The second kappa shape index (κ2) is 7.14. The summed E-state index contributed by atoms with van der Waals surface area (Å²) in [5, 5.41) is 0.532. The third kappa shape index (κ3) is 4.80. The highest BCUT2D eigenvalue weighted by Crippen LogP contribution is 2.25. The maximum absolute atomic E-state index is 12.2. The molecule has 0 amide bonds. The van der Waals surface area contributed by atoms with Crippen LogP contribution in [-0.2, 0) is 10.0 Å². The van der Waals surface area contributed by atoms with E-state index in [0.29, 0.717) is 17.3 Å². The van der Waals surface area contributed by atoms with E-state index in [4.69, 9.17) is 34.8 Å². The molecule has 19 heavy (non-hydrogen) atoms. The fourth-order valence-corrected chi connectivity index (χ4v) is 3.60. The zero-order valence-electron chi connectivity index (χ0n) is 10.7. The maximum Gasteiger partial charge on any atom is 0.240 e. The topological polar surface area (TPSA) is 46.2 Å². The molecule has 108 valence electrons. The van der Waals surface area contributed by atoms with E-state index in [1.54, 1.807) is 0 Å². The minimum Gasteiger partial charge on any atom is -0.208 e. The van der Waals surface area contributed by atoms with Crippen molar-refractivity contribution in [2.75, 3.05) is 5.88 Å². The van der Waals surface area contributed by atoms with Gasteiger partial charge >= 0.3 is 0 Å². The molecule has 0 saturated heterocycles. The number of halogens is 3. The lowest BCUT2D eigenvalue weighted by atomic mass is 10.0. The Morgan fingerprint density at radius 3 is 2.32 bits per heavy atom. The summed E-state index contributed by atoms with van der Waals surface area (Å²) in [5.74, 6) is 0.545. The lowest BCUT2D eigenvalue weighted by Gasteiger charge is -2.21. The van der Waals surface area contributed by atoms with Crippen molar-refractivity contribution in [1.82, 2.24) is 4.72 Å². The Hall–Kier alpha value is -0.000000000000000111. The van der Waals surface area contributed by atoms with Gasteiger partial charge in [-0.05, 0) is 30.5 Å². The Bertz CT molecular complexity index is 532. The molecule has 1 atom stereocenters. The number of benzene rings is 1. The zero-order valence-corrected chi connectivity index (χ0v) is 13.7. The molecular formula is C12H16Cl3NO2S. The Morgan fingerprint density at radius 2 is 1.84 bits per heavy atom. The molecule has 1 unspecified atom stereocenters. The SMILES string of the molecule is CC(C)C(CCCl)NS(=O)(=O)c1ccc(Cl)c(Cl)c1. The highest BCUT2D eigenvalue weighted by atomic mass is 35.5. The molecule has 1 aromatic rings. The smallest absolute Gasteiger partial charge is 0.208 e. The molecule has 0 aliphatic carbocycles. The first kappa shape index (κ1) is 17.1. The van der Waals surface area contributed by atoms with E-state index in [1.807, 2.05) is 13.8 Å². The van der Waals surface area contributed by atoms with Crippen LogP contribution in [0.15, 0.2) is 23.1 Å². The van der Waals surface area contributed by atoms with Crippen LogP contribution in [0.25, 0.3) is 0 Å². The first-order valence-corrected chi connectivity index (χ1v) is 8.58. The first-order chi connectivity index (χ1) is 8.77. The van der Waals surface area contributed by atoms with Crippen molar-refractivity contribution in [3.05, 3.63) is 28.2 Å². The molecule has 0 aliphatic heterocycles. The zero-order chi connectivity index (χ0) is 14.6. The fraction of sp³-hybridized carbons (Fsp3) is 0.500. The first-order valence-electron chi connectivity index (χ1n) is 5.81. The van der Waals surface area contributed by atoms with Gasteiger partial charge in [-0.25, -0.2) is 13.1 Å². The Morgan fingerprint density at radius 1 is 1.21 bits per heavy atom. The van der Waals surface area contributed by atoms with Crippen molar-refractivity contribution >= 4 is 44.8 Å². The Labute approximate surface area is 129 Å². The number of hydrogen-bond donors (Lipinski definition) is 1. The average Bonchev–Trinajstić information content (AvgIpc) is 2.31. The Kier molecular flexibility index (Phi) is 6.40. The molecule has 0 radical (unpaired) electrons.